The van der Waals surface area contributed by atoms with Crippen LogP contribution in [0.25, 0.3) is 0 Å². The number of hydrogen-bond donors (Lipinski definition) is 1. The molecule has 5 unspecified atom stereocenters. The fraction of sp³-hybridized carbons (Fsp3) is 0.846. The molecule has 0 aromatic carbocycles. The van der Waals surface area contributed by atoms with Crippen LogP contribution in [0.5, 0.6) is 0 Å². The highest BCUT2D eigenvalue weighted by Crippen LogP contribution is 2.37. The van der Waals surface area contributed by atoms with Gasteiger partial charge in [-0.15, -0.1) is 35.3 Å². The van der Waals surface area contributed by atoms with Crippen LogP contribution in [-0.4, -0.2) is 83.0 Å². The molecule has 3 aliphatic heterocycles. The molecule has 0 bridgehead atoms. The van der Waals surface area contributed by atoms with Gasteiger partial charge < -0.3 is 24.1 Å². The number of ether oxygens (including phenoxy) is 4. The van der Waals surface area contributed by atoms with Crippen LogP contribution in [0.15, 0.2) is 12.2 Å². The van der Waals surface area contributed by atoms with E-state index in [2.05, 4.69) is 13.5 Å². The molecule has 7 nitrogen and oxygen atoms in total. The number of rotatable bonds is 7. The van der Waals surface area contributed by atoms with Gasteiger partial charge in [0.2, 0.25) is 0 Å². The van der Waals surface area contributed by atoms with Gasteiger partial charge in [0.05, 0.1) is 11.4 Å². The Labute approximate surface area is 230 Å². The SMILES string of the molecule is C=C(C)C(=O)OC1(CC)CCC(OC)SC1.CCC1(O)CCC(OC)SC1.COC1CCC(=O)CS1. The third-order valence-corrected chi connectivity index (χ3v) is 10.9. The third kappa shape index (κ3) is 12.1. The van der Waals surface area contributed by atoms with Gasteiger partial charge in [0.15, 0.2) is 0 Å². The minimum Gasteiger partial charge on any atom is -0.455 e. The van der Waals surface area contributed by atoms with E-state index in [0.717, 1.165) is 56.5 Å². The first kappa shape index (κ1) is 33.8. The minimum absolute atomic E-state index is 0.239. The lowest BCUT2D eigenvalue weighted by atomic mass is 9.96. The average molecular weight is 567 g/mol. The molecule has 3 aliphatic rings. The Kier molecular flexibility index (Phi) is 16.3. The van der Waals surface area contributed by atoms with Gasteiger partial charge in [-0.2, -0.15) is 0 Å². The maximum absolute atomic E-state index is 11.6. The van der Waals surface area contributed by atoms with E-state index in [0.29, 0.717) is 29.0 Å². The van der Waals surface area contributed by atoms with E-state index in [1.807, 2.05) is 6.92 Å². The van der Waals surface area contributed by atoms with Crippen LogP contribution in [0.4, 0.5) is 0 Å². The van der Waals surface area contributed by atoms with Crippen LogP contribution in [0.3, 0.4) is 0 Å². The van der Waals surface area contributed by atoms with Gasteiger partial charge >= 0.3 is 5.97 Å². The first-order valence-electron chi connectivity index (χ1n) is 12.6. The lowest BCUT2D eigenvalue weighted by Gasteiger charge is -2.38. The molecule has 3 saturated heterocycles. The molecule has 1 N–H and O–H groups in total. The number of methoxy groups -OCH3 is 3. The van der Waals surface area contributed by atoms with Crippen molar-refractivity contribution in [3.8, 4) is 0 Å². The topological polar surface area (TPSA) is 91.3 Å². The first-order chi connectivity index (χ1) is 17.1. The predicted octanol–water partition coefficient (Wildman–Crippen LogP) is 5.44. The van der Waals surface area contributed by atoms with Gasteiger partial charge in [-0.1, -0.05) is 20.4 Å². The quantitative estimate of drug-likeness (QED) is 0.317. The van der Waals surface area contributed by atoms with Crippen LogP contribution < -0.4 is 0 Å². The number of carbonyl (C=O) groups excluding carboxylic acids is 2. The lowest BCUT2D eigenvalue weighted by molar-refractivity contribution is -0.154. The van der Waals surface area contributed by atoms with Gasteiger partial charge in [0.1, 0.15) is 27.7 Å². The van der Waals surface area contributed by atoms with Gasteiger partial charge in [0.25, 0.3) is 0 Å². The lowest BCUT2D eigenvalue weighted by Crippen LogP contribution is -2.41. The molecule has 0 saturated carbocycles. The maximum atomic E-state index is 11.6. The van der Waals surface area contributed by atoms with Crippen molar-refractivity contribution in [2.45, 2.75) is 99.6 Å². The Morgan fingerprint density at radius 2 is 1.50 bits per heavy atom. The number of carbonyl (C=O) groups is 2. The second-order valence-electron chi connectivity index (χ2n) is 9.37. The Balaban J connectivity index is 0.000000283. The molecule has 3 rings (SSSR count). The summed E-state index contributed by atoms with van der Waals surface area (Å²) in [4.78, 5) is 22.2. The molecule has 10 heteroatoms. The maximum Gasteiger partial charge on any atom is 0.333 e. The van der Waals surface area contributed by atoms with Crippen molar-refractivity contribution in [2.24, 2.45) is 0 Å². The second kappa shape index (κ2) is 17.4. The summed E-state index contributed by atoms with van der Waals surface area (Å²) in [5.41, 5.74) is 0.537. The number of thioether (sulfide) groups is 3. The summed E-state index contributed by atoms with van der Waals surface area (Å²) in [6.07, 6.45) is 6.95. The molecule has 36 heavy (non-hydrogen) atoms. The standard InChI is InChI=1S/C12H20O3S.C8H16O2S.C6H10O2S/c1-5-12(15-11(13)9(2)3)7-6-10(14-4)16-8-12;1-3-8(9)5-4-7(10-2)11-6-8;1-8-6-3-2-5(7)4-9-6/h10H,2,5-8H2,1,3-4H3;7,9H,3-6H2,1-2H3;6H,2-4H2,1H3. The number of aliphatic hydroxyl groups is 1. The molecule has 0 aliphatic carbocycles. The molecule has 3 fully saturated rings. The van der Waals surface area contributed by atoms with Crippen molar-refractivity contribution >= 4 is 47.0 Å². The van der Waals surface area contributed by atoms with E-state index in [1.54, 1.807) is 63.5 Å². The third-order valence-electron chi connectivity index (χ3n) is 6.59. The highest BCUT2D eigenvalue weighted by atomic mass is 32.2. The Hall–Kier alpha value is -0.230. The van der Waals surface area contributed by atoms with Crippen molar-refractivity contribution in [1.29, 1.82) is 0 Å². The summed E-state index contributed by atoms with van der Waals surface area (Å²) >= 11 is 5.04. The average Bonchev–Trinajstić information content (AvgIpc) is 2.90. The van der Waals surface area contributed by atoms with E-state index >= 15 is 0 Å². The van der Waals surface area contributed by atoms with Crippen LogP contribution >= 0.6 is 35.3 Å². The molecular formula is C26H46O7S3. The van der Waals surface area contributed by atoms with Crippen molar-refractivity contribution in [1.82, 2.24) is 0 Å². The molecule has 0 radical (unpaired) electrons. The number of ketones is 1. The molecule has 0 aromatic heterocycles. The molecular weight excluding hydrogens is 520 g/mol. The highest BCUT2D eigenvalue weighted by molar-refractivity contribution is 8.00. The summed E-state index contributed by atoms with van der Waals surface area (Å²) in [6.45, 7) is 9.38. The van der Waals surface area contributed by atoms with E-state index < -0.39 is 5.60 Å². The number of hydrogen-bond acceptors (Lipinski definition) is 10. The smallest absolute Gasteiger partial charge is 0.333 e. The second-order valence-corrected chi connectivity index (χ2v) is 12.8. The zero-order valence-electron chi connectivity index (χ0n) is 22.8. The molecule has 3 heterocycles. The normalized spacial score (nSPS) is 32.3. The Morgan fingerprint density at radius 1 is 0.944 bits per heavy atom. The fourth-order valence-electron chi connectivity index (χ4n) is 3.74. The summed E-state index contributed by atoms with van der Waals surface area (Å²) in [5.74, 6) is 2.34. The summed E-state index contributed by atoms with van der Waals surface area (Å²) in [7, 11) is 5.14. The van der Waals surface area contributed by atoms with Crippen LogP contribution in [0, 0.1) is 0 Å². The summed E-state index contributed by atoms with van der Waals surface area (Å²) in [5, 5.41) is 9.82. The van der Waals surface area contributed by atoms with Crippen LogP contribution in [-0.2, 0) is 28.5 Å². The Bertz CT molecular complexity index is 662. The minimum atomic E-state index is -0.417. The van der Waals surface area contributed by atoms with Crippen LogP contribution in [0.1, 0.15) is 72.1 Å². The van der Waals surface area contributed by atoms with Crippen molar-refractivity contribution in [2.75, 3.05) is 38.6 Å². The van der Waals surface area contributed by atoms with Crippen molar-refractivity contribution in [3.63, 3.8) is 0 Å². The van der Waals surface area contributed by atoms with E-state index in [1.165, 1.54) is 0 Å². The largest absolute Gasteiger partial charge is 0.455 e. The number of Topliss-reactive ketones (excluding diaryl/α,β-unsaturated/α-hetero) is 1. The molecule has 0 spiro atoms. The van der Waals surface area contributed by atoms with E-state index in [-0.39, 0.29) is 22.4 Å². The van der Waals surface area contributed by atoms with Gasteiger partial charge in [0, 0.05) is 44.8 Å². The Morgan fingerprint density at radius 3 is 1.86 bits per heavy atom. The van der Waals surface area contributed by atoms with Gasteiger partial charge in [-0.05, 0) is 51.9 Å². The number of esters is 1. The molecule has 210 valence electrons. The molecule has 5 atom stereocenters. The highest BCUT2D eigenvalue weighted by Gasteiger charge is 2.38. The fourth-order valence-corrected chi connectivity index (χ4v) is 7.26. The van der Waals surface area contributed by atoms with E-state index in [9.17, 15) is 14.7 Å². The predicted molar refractivity (Wildman–Crippen MR) is 152 cm³/mol. The summed E-state index contributed by atoms with van der Waals surface area (Å²) in [6, 6.07) is 0. The van der Waals surface area contributed by atoms with Gasteiger partial charge in [-0.3, -0.25) is 4.79 Å². The van der Waals surface area contributed by atoms with Crippen molar-refractivity contribution < 1.29 is 33.6 Å². The van der Waals surface area contributed by atoms with Crippen LogP contribution in [0.2, 0.25) is 0 Å². The monoisotopic (exact) mass is 566 g/mol. The van der Waals surface area contributed by atoms with Crippen molar-refractivity contribution in [3.05, 3.63) is 12.2 Å². The zero-order chi connectivity index (χ0) is 27.2. The zero-order valence-corrected chi connectivity index (χ0v) is 25.3. The summed E-state index contributed by atoms with van der Waals surface area (Å²) < 4.78 is 21.1. The van der Waals surface area contributed by atoms with Gasteiger partial charge in [-0.25, -0.2) is 4.79 Å². The first-order valence-corrected chi connectivity index (χ1v) is 15.8. The van der Waals surface area contributed by atoms with E-state index in [4.69, 9.17) is 18.9 Å². The molecule has 0 amide bonds. The molecule has 0 aromatic rings.